The molecule has 2 fully saturated rings. The molecule has 0 radical (unpaired) electrons. The van der Waals surface area contributed by atoms with Gasteiger partial charge in [0, 0.05) is 37.7 Å². The molecule has 3 rings (SSSR count). The molecule has 1 heterocycles. The van der Waals surface area contributed by atoms with E-state index in [4.69, 9.17) is 0 Å². The maximum absolute atomic E-state index is 12.6. The molecule has 0 bridgehead atoms. The number of benzene rings is 1. The predicted octanol–water partition coefficient (Wildman–Crippen LogP) is 2.00. The average molecular weight is 286 g/mol. The largest absolute Gasteiger partial charge is 0.339 e. The summed E-state index contributed by atoms with van der Waals surface area (Å²) < 4.78 is 0. The maximum atomic E-state index is 12.6. The molecule has 0 atom stereocenters. The Labute approximate surface area is 125 Å². The summed E-state index contributed by atoms with van der Waals surface area (Å²) in [4.78, 5) is 28.4. The van der Waals surface area contributed by atoms with E-state index in [1.54, 1.807) is 0 Å². The Kier molecular flexibility index (Phi) is 3.70. The van der Waals surface area contributed by atoms with E-state index in [2.05, 4.69) is 0 Å². The maximum Gasteiger partial charge on any atom is 0.254 e. The van der Waals surface area contributed by atoms with Crippen molar-refractivity contribution in [2.24, 2.45) is 5.92 Å². The van der Waals surface area contributed by atoms with Gasteiger partial charge in [-0.05, 0) is 43.9 Å². The second-order valence-corrected chi connectivity index (χ2v) is 6.14. The van der Waals surface area contributed by atoms with Crippen LogP contribution in [0.1, 0.15) is 34.3 Å². The van der Waals surface area contributed by atoms with Crippen molar-refractivity contribution >= 4 is 11.8 Å². The molecule has 2 aliphatic rings. The van der Waals surface area contributed by atoms with Crippen molar-refractivity contribution in [3.8, 4) is 0 Å². The van der Waals surface area contributed by atoms with Gasteiger partial charge in [0.25, 0.3) is 5.91 Å². The normalized spacial score (nSPS) is 18.8. The minimum absolute atomic E-state index is 0.0923. The van der Waals surface area contributed by atoms with Crippen LogP contribution in [0.25, 0.3) is 0 Å². The molecule has 0 aromatic heterocycles. The molecule has 0 spiro atoms. The fraction of sp³-hybridized carbons (Fsp3) is 0.529. The van der Waals surface area contributed by atoms with Crippen molar-refractivity contribution in [1.82, 2.24) is 9.80 Å². The highest BCUT2D eigenvalue weighted by Gasteiger charge is 2.35. The third kappa shape index (κ3) is 2.80. The quantitative estimate of drug-likeness (QED) is 0.834. The summed E-state index contributed by atoms with van der Waals surface area (Å²) in [6.07, 6.45) is 2.08. The molecular weight excluding hydrogens is 264 g/mol. The first-order valence-electron chi connectivity index (χ1n) is 7.72. The molecule has 1 saturated heterocycles. The van der Waals surface area contributed by atoms with Crippen molar-refractivity contribution < 1.29 is 9.59 Å². The summed E-state index contributed by atoms with van der Waals surface area (Å²) in [7, 11) is 0. The van der Waals surface area contributed by atoms with E-state index in [1.165, 1.54) is 0 Å². The minimum Gasteiger partial charge on any atom is -0.339 e. The highest BCUT2D eigenvalue weighted by Crippen LogP contribution is 2.31. The third-order valence-corrected chi connectivity index (χ3v) is 4.64. The van der Waals surface area contributed by atoms with Crippen molar-refractivity contribution in [2.75, 3.05) is 26.2 Å². The second-order valence-electron chi connectivity index (χ2n) is 6.14. The van der Waals surface area contributed by atoms with Gasteiger partial charge >= 0.3 is 0 Å². The number of amides is 2. The SMILES string of the molecule is Cc1cccc(C(=O)N2CCN(C(=O)C3CC3)CC2)c1C. The third-order valence-electron chi connectivity index (χ3n) is 4.64. The van der Waals surface area contributed by atoms with Crippen molar-refractivity contribution in [1.29, 1.82) is 0 Å². The number of nitrogens with zero attached hydrogens (tertiary/aromatic N) is 2. The molecule has 1 aromatic carbocycles. The zero-order valence-corrected chi connectivity index (χ0v) is 12.8. The van der Waals surface area contributed by atoms with Gasteiger partial charge in [0.1, 0.15) is 0 Å². The van der Waals surface area contributed by atoms with Gasteiger partial charge in [0.05, 0.1) is 0 Å². The first-order chi connectivity index (χ1) is 10.1. The monoisotopic (exact) mass is 286 g/mol. The fourth-order valence-corrected chi connectivity index (χ4v) is 2.87. The molecule has 4 heteroatoms. The number of piperazine rings is 1. The van der Waals surface area contributed by atoms with Gasteiger partial charge in [-0.3, -0.25) is 9.59 Å². The van der Waals surface area contributed by atoms with Gasteiger partial charge in [-0.25, -0.2) is 0 Å². The smallest absolute Gasteiger partial charge is 0.254 e. The summed E-state index contributed by atoms with van der Waals surface area (Å²) in [6, 6.07) is 5.85. The first kappa shape index (κ1) is 14.1. The summed E-state index contributed by atoms with van der Waals surface area (Å²) >= 11 is 0. The van der Waals surface area contributed by atoms with Crippen molar-refractivity contribution in [3.63, 3.8) is 0 Å². The van der Waals surface area contributed by atoms with Gasteiger partial charge in [0.2, 0.25) is 5.91 Å². The highest BCUT2D eigenvalue weighted by atomic mass is 16.2. The average Bonchev–Trinajstić information content (AvgIpc) is 3.33. The lowest BCUT2D eigenvalue weighted by Crippen LogP contribution is -2.51. The number of hydrogen-bond acceptors (Lipinski definition) is 2. The molecular formula is C17H22N2O2. The molecule has 4 nitrogen and oxygen atoms in total. The molecule has 2 amide bonds. The minimum atomic E-state index is 0.0923. The molecule has 1 saturated carbocycles. The lowest BCUT2D eigenvalue weighted by Gasteiger charge is -2.35. The Morgan fingerprint density at radius 3 is 2.24 bits per heavy atom. The van der Waals surface area contributed by atoms with Gasteiger partial charge in [-0.15, -0.1) is 0 Å². The topological polar surface area (TPSA) is 40.6 Å². The Morgan fingerprint density at radius 1 is 1.00 bits per heavy atom. The van der Waals surface area contributed by atoms with Gasteiger partial charge < -0.3 is 9.80 Å². The zero-order chi connectivity index (χ0) is 15.0. The lowest BCUT2D eigenvalue weighted by molar-refractivity contribution is -0.134. The molecule has 112 valence electrons. The Balaban J connectivity index is 1.64. The lowest BCUT2D eigenvalue weighted by atomic mass is 10.0. The zero-order valence-electron chi connectivity index (χ0n) is 12.8. The van der Waals surface area contributed by atoms with Crippen LogP contribution in [-0.4, -0.2) is 47.8 Å². The van der Waals surface area contributed by atoms with Gasteiger partial charge in [-0.2, -0.15) is 0 Å². The number of aryl methyl sites for hydroxylation is 1. The number of carbonyl (C=O) groups is 2. The van der Waals surface area contributed by atoms with Crippen LogP contribution in [0, 0.1) is 19.8 Å². The van der Waals surface area contributed by atoms with Crippen molar-refractivity contribution in [3.05, 3.63) is 34.9 Å². The molecule has 21 heavy (non-hydrogen) atoms. The fourth-order valence-electron chi connectivity index (χ4n) is 2.87. The standard InChI is InChI=1S/C17H22N2O2/c1-12-4-3-5-15(13(12)2)17(21)19-10-8-18(9-11-19)16(20)14-6-7-14/h3-5,14H,6-11H2,1-2H3. The van der Waals surface area contributed by atoms with E-state index in [1.807, 2.05) is 41.8 Å². The van der Waals surface area contributed by atoms with Crippen LogP contribution >= 0.6 is 0 Å². The second kappa shape index (κ2) is 5.51. The van der Waals surface area contributed by atoms with Crippen LogP contribution < -0.4 is 0 Å². The number of rotatable bonds is 2. The van der Waals surface area contributed by atoms with E-state index in [0.29, 0.717) is 26.2 Å². The Hall–Kier alpha value is -1.84. The summed E-state index contributed by atoms with van der Waals surface area (Å²) in [5.41, 5.74) is 2.99. The van der Waals surface area contributed by atoms with Crippen LogP contribution in [0.15, 0.2) is 18.2 Å². The van der Waals surface area contributed by atoms with Gasteiger partial charge in [-0.1, -0.05) is 12.1 Å². The number of hydrogen-bond donors (Lipinski definition) is 0. The highest BCUT2D eigenvalue weighted by molar-refractivity contribution is 5.96. The summed E-state index contributed by atoms with van der Waals surface area (Å²) in [5.74, 6) is 0.648. The van der Waals surface area contributed by atoms with E-state index >= 15 is 0 Å². The number of carbonyl (C=O) groups excluding carboxylic acids is 2. The molecule has 1 aliphatic carbocycles. The first-order valence-corrected chi connectivity index (χ1v) is 7.72. The molecule has 0 N–H and O–H groups in total. The van der Waals surface area contributed by atoms with Crippen LogP contribution in [0.3, 0.4) is 0 Å². The van der Waals surface area contributed by atoms with Crippen LogP contribution in [-0.2, 0) is 4.79 Å². The van der Waals surface area contributed by atoms with E-state index in [0.717, 1.165) is 29.5 Å². The summed E-state index contributed by atoms with van der Waals surface area (Å²) in [6.45, 7) is 6.65. The van der Waals surface area contributed by atoms with E-state index < -0.39 is 0 Å². The Morgan fingerprint density at radius 2 is 1.62 bits per heavy atom. The van der Waals surface area contributed by atoms with E-state index in [9.17, 15) is 9.59 Å². The summed E-state index contributed by atoms with van der Waals surface area (Å²) in [5, 5.41) is 0. The van der Waals surface area contributed by atoms with Crippen molar-refractivity contribution in [2.45, 2.75) is 26.7 Å². The Bertz CT molecular complexity index is 570. The van der Waals surface area contributed by atoms with Crippen LogP contribution in [0.2, 0.25) is 0 Å². The molecule has 1 aliphatic heterocycles. The van der Waals surface area contributed by atoms with E-state index in [-0.39, 0.29) is 17.7 Å². The molecule has 0 unspecified atom stereocenters. The predicted molar refractivity (Wildman–Crippen MR) is 81.1 cm³/mol. The van der Waals surface area contributed by atoms with Gasteiger partial charge in [0.15, 0.2) is 0 Å². The molecule has 1 aromatic rings. The van der Waals surface area contributed by atoms with Crippen LogP contribution in [0.5, 0.6) is 0 Å². The van der Waals surface area contributed by atoms with Crippen LogP contribution in [0.4, 0.5) is 0 Å².